The maximum absolute atomic E-state index is 12.4. The number of H-pyrrole nitrogens is 1. The Morgan fingerprint density at radius 2 is 1.92 bits per heavy atom. The number of thioether (sulfide) groups is 1. The lowest BCUT2D eigenvalue weighted by Crippen LogP contribution is -2.23. The molecule has 1 aromatic heterocycles. The lowest BCUT2D eigenvalue weighted by molar-refractivity contribution is -0.115. The Labute approximate surface area is 149 Å². The third-order valence-corrected chi connectivity index (χ3v) is 4.86. The van der Waals surface area contributed by atoms with Crippen LogP contribution in [0.5, 0.6) is 0 Å². The number of anilines is 1. The largest absolute Gasteiger partial charge is 0.325 e. The zero-order chi connectivity index (χ0) is 17.8. The summed E-state index contributed by atoms with van der Waals surface area (Å²) in [5, 5.41) is 3.47. The van der Waals surface area contributed by atoms with Gasteiger partial charge in [-0.3, -0.25) is 9.59 Å². The molecule has 0 saturated carbocycles. The maximum Gasteiger partial charge on any atom is 0.259 e. The van der Waals surface area contributed by atoms with E-state index in [1.54, 1.807) is 25.1 Å². The van der Waals surface area contributed by atoms with Crippen molar-refractivity contribution in [3.05, 3.63) is 64.4 Å². The van der Waals surface area contributed by atoms with E-state index < -0.39 is 5.25 Å². The van der Waals surface area contributed by atoms with E-state index in [2.05, 4.69) is 22.2 Å². The summed E-state index contributed by atoms with van der Waals surface area (Å²) in [7, 11) is 0. The highest BCUT2D eigenvalue weighted by atomic mass is 32.2. The third-order valence-electron chi connectivity index (χ3n) is 3.88. The number of benzene rings is 2. The Bertz CT molecular complexity index is 951. The number of fused-ring (bicyclic) bond motifs is 1. The van der Waals surface area contributed by atoms with Gasteiger partial charge in [-0.2, -0.15) is 0 Å². The van der Waals surface area contributed by atoms with Crippen molar-refractivity contribution in [3.8, 4) is 0 Å². The summed E-state index contributed by atoms with van der Waals surface area (Å²) in [5.41, 5.74) is 2.40. The van der Waals surface area contributed by atoms with Crippen LogP contribution in [0.4, 0.5) is 5.69 Å². The second kappa shape index (κ2) is 7.53. The first kappa shape index (κ1) is 17.2. The zero-order valence-corrected chi connectivity index (χ0v) is 14.9. The number of carbonyl (C=O) groups excluding carboxylic acids is 1. The molecule has 1 amide bonds. The Balaban J connectivity index is 1.71. The van der Waals surface area contributed by atoms with E-state index in [-0.39, 0.29) is 11.5 Å². The minimum absolute atomic E-state index is 0.134. The van der Waals surface area contributed by atoms with E-state index in [0.29, 0.717) is 16.1 Å². The summed E-state index contributed by atoms with van der Waals surface area (Å²) in [6.07, 6.45) is 0.960. The van der Waals surface area contributed by atoms with E-state index in [9.17, 15) is 9.59 Å². The fraction of sp³-hybridized carbons (Fsp3) is 0.211. The molecule has 1 heterocycles. The topological polar surface area (TPSA) is 74.8 Å². The summed E-state index contributed by atoms with van der Waals surface area (Å²) in [6.45, 7) is 3.87. The van der Waals surface area contributed by atoms with Crippen molar-refractivity contribution < 1.29 is 4.79 Å². The van der Waals surface area contributed by atoms with Crippen LogP contribution in [0.1, 0.15) is 19.4 Å². The molecular weight excluding hydrogens is 334 g/mol. The fourth-order valence-electron chi connectivity index (χ4n) is 2.41. The van der Waals surface area contributed by atoms with E-state index >= 15 is 0 Å². The molecule has 1 atom stereocenters. The highest BCUT2D eigenvalue weighted by Crippen LogP contribution is 2.21. The molecule has 2 aromatic carbocycles. The number of hydrogen-bond donors (Lipinski definition) is 2. The summed E-state index contributed by atoms with van der Waals surface area (Å²) in [5.74, 6) is -0.134. The monoisotopic (exact) mass is 353 g/mol. The normalized spacial score (nSPS) is 12.1. The van der Waals surface area contributed by atoms with Gasteiger partial charge in [0.1, 0.15) is 0 Å². The summed E-state index contributed by atoms with van der Waals surface area (Å²) in [4.78, 5) is 31.6. The molecule has 128 valence electrons. The van der Waals surface area contributed by atoms with Crippen molar-refractivity contribution in [1.29, 1.82) is 0 Å². The van der Waals surface area contributed by atoms with Crippen LogP contribution in [0.2, 0.25) is 0 Å². The highest BCUT2D eigenvalue weighted by Gasteiger charge is 2.16. The first-order valence-electron chi connectivity index (χ1n) is 8.12. The number of amides is 1. The van der Waals surface area contributed by atoms with Crippen molar-refractivity contribution in [1.82, 2.24) is 9.97 Å². The lowest BCUT2D eigenvalue weighted by Gasteiger charge is -2.12. The van der Waals surface area contributed by atoms with Crippen LogP contribution in [0.15, 0.2) is 58.5 Å². The molecule has 5 nitrogen and oxygen atoms in total. The molecular formula is C19H19N3O2S. The van der Waals surface area contributed by atoms with Crippen molar-refractivity contribution in [3.63, 3.8) is 0 Å². The molecule has 0 aliphatic rings. The molecule has 1 unspecified atom stereocenters. The lowest BCUT2D eigenvalue weighted by atomic mass is 10.1. The Morgan fingerprint density at radius 1 is 1.20 bits per heavy atom. The van der Waals surface area contributed by atoms with E-state index in [4.69, 9.17) is 0 Å². The molecule has 2 N–H and O–H groups in total. The van der Waals surface area contributed by atoms with Crippen LogP contribution in [0.3, 0.4) is 0 Å². The second-order valence-corrected chi connectivity index (χ2v) is 7.02. The summed E-state index contributed by atoms with van der Waals surface area (Å²) < 4.78 is 0. The zero-order valence-electron chi connectivity index (χ0n) is 14.1. The van der Waals surface area contributed by atoms with Gasteiger partial charge in [-0.15, -0.1) is 0 Å². The van der Waals surface area contributed by atoms with Gasteiger partial charge in [-0.05, 0) is 43.2 Å². The summed E-state index contributed by atoms with van der Waals surface area (Å²) >= 11 is 1.23. The number of nitrogens with one attached hydrogen (secondary N) is 2. The van der Waals surface area contributed by atoms with Crippen LogP contribution in [-0.4, -0.2) is 21.1 Å². The molecule has 0 fully saturated rings. The van der Waals surface area contributed by atoms with Crippen LogP contribution in [0.25, 0.3) is 10.9 Å². The van der Waals surface area contributed by atoms with Crippen LogP contribution in [-0.2, 0) is 11.2 Å². The number of aromatic amines is 1. The first-order chi connectivity index (χ1) is 12.1. The molecule has 3 aromatic rings. The number of para-hydroxylation sites is 1. The predicted octanol–water partition coefficient (Wildman–Crippen LogP) is 3.60. The Kier molecular flexibility index (Phi) is 5.19. The number of aromatic nitrogens is 2. The molecule has 0 aliphatic heterocycles. The van der Waals surface area contributed by atoms with Crippen molar-refractivity contribution in [2.75, 3.05) is 5.32 Å². The number of hydrogen-bond acceptors (Lipinski definition) is 4. The first-order valence-corrected chi connectivity index (χ1v) is 9.00. The molecule has 25 heavy (non-hydrogen) atoms. The molecule has 0 bridgehead atoms. The number of carbonyl (C=O) groups is 1. The van der Waals surface area contributed by atoms with Crippen LogP contribution >= 0.6 is 11.8 Å². The molecule has 0 saturated heterocycles. The van der Waals surface area contributed by atoms with E-state index in [0.717, 1.165) is 12.1 Å². The van der Waals surface area contributed by atoms with E-state index in [1.165, 1.54) is 17.3 Å². The molecule has 0 spiro atoms. The molecule has 6 heteroatoms. The van der Waals surface area contributed by atoms with Gasteiger partial charge in [0.05, 0.1) is 16.2 Å². The van der Waals surface area contributed by atoms with Gasteiger partial charge in [-0.1, -0.05) is 43.0 Å². The van der Waals surface area contributed by atoms with Crippen molar-refractivity contribution in [2.24, 2.45) is 0 Å². The van der Waals surface area contributed by atoms with Crippen molar-refractivity contribution >= 4 is 34.3 Å². The number of nitrogens with zero attached hydrogens (tertiary/aromatic N) is 1. The molecule has 3 rings (SSSR count). The average molecular weight is 353 g/mol. The van der Waals surface area contributed by atoms with Crippen LogP contribution in [0, 0.1) is 0 Å². The highest BCUT2D eigenvalue weighted by molar-refractivity contribution is 8.00. The van der Waals surface area contributed by atoms with E-state index in [1.807, 2.05) is 30.3 Å². The smallest absolute Gasteiger partial charge is 0.259 e. The Hall–Kier alpha value is -2.60. The second-order valence-electron chi connectivity index (χ2n) is 5.69. The van der Waals surface area contributed by atoms with Gasteiger partial charge < -0.3 is 10.3 Å². The Morgan fingerprint density at radius 3 is 2.64 bits per heavy atom. The number of aryl methyl sites for hydroxylation is 1. The molecule has 0 radical (unpaired) electrons. The quantitative estimate of drug-likeness (QED) is 0.543. The maximum atomic E-state index is 12.4. The predicted molar refractivity (Wildman–Crippen MR) is 102 cm³/mol. The van der Waals surface area contributed by atoms with Gasteiger partial charge >= 0.3 is 0 Å². The third kappa shape index (κ3) is 4.09. The number of rotatable bonds is 5. The minimum atomic E-state index is -0.393. The summed E-state index contributed by atoms with van der Waals surface area (Å²) in [6, 6.07) is 14.9. The SMILES string of the molecule is CCc1ccc(NC(=O)C(C)Sc2nc3ccccc3c(=O)[nH]2)cc1. The average Bonchev–Trinajstić information content (AvgIpc) is 2.62. The fourth-order valence-corrected chi connectivity index (χ4v) is 3.21. The molecule has 0 aliphatic carbocycles. The standard InChI is InChI=1S/C19H19N3O2S/c1-3-13-8-10-14(11-9-13)20-17(23)12(2)25-19-21-16-7-5-4-6-15(16)18(24)22-19/h4-12H,3H2,1-2H3,(H,20,23)(H,21,22,24). The van der Waals surface area contributed by atoms with Crippen molar-refractivity contribution in [2.45, 2.75) is 30.7 Å². The van der Waals surface area contributed by atoms with Gasteiger partial charge in [0.25, 0.3) is 5.56 Å². The minimum Gasteiger partial charge on any atom is -0.325 e. The van der Waals surface area contributed by atoms with Gasteiger partial charge in [-0.25, -0.2) is 4.98 Å². The van der Waals surface area contributed by atoms with Gasteiger partial charge in [0.15, 0.2) is 5.16 Å². The van der Waals surface area contributed by atoms with Gasteiger partial charge in [0, 0.05) is 5.69 Å². The van der Waals surface area contributed by atoms with Gasteiger partial charge in [0.2, 0.25) is 5.91 Å². The van der Waals surface area contributed by atoms with Crippen LogP contribution < -0.4 is 10.9 Å².